The van der Waals surface area contributed by atoms with Crippen LogP contribution in [0.5, 0.6) is 5.75 Å². The molecule has 0 spiro atoms. The third-order valence-electron chi connectivity index (χ3n) is 2.26. The van der Waals surface area contributed by atoms with Gasteiger partial charge in [0.2, 0.25) is 0 Å². The van der Waals surface area contributed by atoms with Crippen LogP contribution in [-0.4, -0.2) is 10.8 Å². The number of nitrogens with two attached hydrogens (primary N) is 1. The van der Waals surface area contributed by atoms with Crippen LogP contribution in [0.15, 0.2) is 48.7 Å². The molecule has 4 heteroatoms. The predicted octanol–water partition coefficient (Wildman–Crippen LogP) is 1.94. The third-order valence-corrected chi connectivity index (χ3v) is 2.26. The van der Waals surface area contributed by atoms with Gasteiger partial charge in [-0.05, 0) is 17.7 Å². The molecule has 0 aliphatic rings. The lowest BCUT2D eigenvalue weighted by atomic mass is 10.2. The summed E-state index contributed by atoms with van der Waals surface area (Å²) in [5, 5.41) is 7.39. The van der Waals surface area contributed by atoms with Crippen molar-refractivity contribution < 1.29 is 4.74 Å². The predicted molar refractivity (Wildman–Crippen MR) is 66.0 cm³/mol. The van der Waals surface area contributed by atoms with Crippen molar-refractivity contribution in [3.05, 3.63) is 59.9 Å². The number of benzene rings is 1. The number of nitrogens with one attached hydrogen (secondary N) is 1. The van der Waals surface area contributed by atoms with Crippen molar-refractivity contribution in [2.24, 2.45) is 5.73 Å². The fourth-order valence-corrected chi connectivity index (χ4v) is 1.44. The average Bonchev–Trinajstić information content (AvgIpc) is 2.38. The summed E-state index contributed by atoms with van der Waals surface area (Å²) in [6, 6.07) is 13.3. The Morgan fingerprint density at radius 1 is 1.18 bits per heavy atom. The summed E-state index contributed by atoms with van der Waals surface area (Å²) < 4.78 is 5.60. The van der Waals surface area contributed by atoms with E-state index in [1.54, 1.807) is 18.3 Å². The van der Waals surface area contributed by atoms with Gasteiger partial charge in [-0.25, -0.2) is 4.98 Å². The first-order chi connectivity index (χ1) is 8.27. The summed E-state index contributed by atoms with van der Waals surface area (Å²) in [7, 11) is 0. The number of pyridine rings is 1. The molecule has 0 radical (unpaired) electrons. The molecule has 0 saturated carbocycles. The summed E-state index contributed by atoms with van der Waals surface area (Å²) in [5.41, 5.74) is 6.86. The van der Waals surface area contributed by atoms with Crippen molar-refractivity contribution in [3.8, 4) is 5.75 Å². The Morgan fingerprint density at radius 3 is 2.65 bits per heavy atom. The lowest BCUT2D eigenvalue weighted by Crippen LogP contribution is -2.14. The second kappa shape index (κ2) is 5.12. The van der Waals surface area contributed by atoms with Crippen molar-refractivity contribution in [1.82, 2.24) is 4.98 Å². The van der Waals surface area contributed by atoms with E-state index in [0.717, 1.165) is 5.56 Å². The first kappa shape index (κ1) is 11.1. The normalized spacial score (nSPS) is 9.88. The number of hydrogen-bond donors (Lipinski definition) is 2. The smallest absolute Gasteiger partial charge is 0.149 e. The molecule has 0 unspecified atom stereocenters. The van der Waals surface area contributed by atoms with Crippen LogP contribution < -0.4 is 10.5 Å². The lowest BCUT2D eigenvalue weighted by Gasteiger charge is -2.09. The van der Waals surface area contributed by atoms with Crippen LogP contribution >= 0.6 is 0 Å². The minimum absolute atomic E-state index is 0.0892. The van der Waals surface area contributed by atoms with Crippen LogP contribution in [0.25, 0.3) is 0 Å². The number of nitrogen functional groups attached to an aromatic ring is 1. The van der Waals surface area contributed by atoms with Gasteiger partial charge < -0.3 is 10.5 Å². The minimum atomic E-state index is -0.0892. The van der Waals surface area contributed by atoms with Crippen molar-refractivity contribution in [3.63, 3.8) is 0 Å². The Morgan fingerprint density at radius 2 is 1.94 bits per heavy atom. The van der Waals surface area contributed by atoms with E-state index >= 15 is 0 Å². The number of hydrogen-bond acceptors (Lipinski definition) is 3. The standard InChI is InChI=1S/C13H13N3O/c14-13(15)12-11(7-4-8-16-12)17-9-10-5-2-1-3-6-10/h1-8H,9H2,(H3,14,15). The summed E-state index contributed by atoms with van der Waals surface area (Å²) in [6.07, 6.45) is 1.59. The number of amidine groups is 1. The molecule has 0 saturated heterocycles. The SMILES string of the molecule is N=C(N)c1ncccc1OCc1ccccc1. The van der Waals surface area contributed by atoms with Gasteiger partial charge in [0.05, 0.1) is 0 Å². The molecule has 0 fully saturated rings. The van der Waals surface area contributed by atoms with Crippen LogP contribution in [0.3, 0.4) is 0 Å². The Kier molecular flexibility index (Phi) is 3.35. The number of nitrogens with zero attached hydrogens (tertiary/aromatic N) is 1. The molecule has 2 aromatic rings. The fourth-order valence-electron chi connectivity index (χ4n) is 1.44. The highest BCUT2D eigenvalue weighted by molar-refractivity contribution is 5.95. The molecule has 0 atom stereocenters. The molecule has 0 bridgehead atoms. The zero-order valence-corrected chi connectivity index (χ0v) is 9.26. The molecule has 2 rings (SSSR count). The van der Waals surface area contributed by atoms with E-state index in [9.17, 15) is 0 Å². The van der Waals surface area contributed by atoms with Gasteiger partial charge >= 0.3 is 0 Å². The van der Waals surface area contributed by atoms with Crippen LogP contribution in [0, 0.1) is 5.41 Å². The summed E-state index contributed by atoms with van der Waals surface area (Å²) in [5.74, 6) is 0.442. The van der Waals surface area contributed by atoms with Gasteiger partial charge in [0.25, 0.3) is 0 Å². The zero-order chi connectivity index (χ0) is 12.1. The maximum atomic E-state index is 7.39. The quantitative estimate of drug-likeness (QED) is 0.619. The topological polar surface area (TPSA) is 72.0 Å². The van der Waals surface area contributed by atoms with Gasteiger partial charge in [0, 0.05) is 6.20 Å². The van der Waals surface area contributed by atoms with Crippen molar-refractivity contribution >= 4 is 5.84 Å². The van der Waals surface area contributed by atoms with Crippen LogP contribution in [0.1, 0.15) is 11.3 Å². The lowest BCUT2D eigenvalue weighted by molar-refractivity contribution is 0.304. The molecule has 0 aliphatic carbocycles. The molecular formula is C13H13N3O. The van der Waals surface area contributed by atoms with E-state index in [0.29, 0.717) is 18.1 Å². The van der Waals surface area contributed by atoms with E-state index in [2.05, 4.69) is 4.98 Å². The average molecular weight is 227 g/mol. The highest BCUT2D eigenvalue weighted by Gasteiger charge is 2.07. The molecule has 4 nitrogen and oxygen atoms in total. The van der Waals surface area contributed by atoms with Crippen LogP contribution in [0.4, 0.5) is 0 Å². The molecule has 17 heavy (non-hydrogen) atoms. The van der Waals surface area contributed by atoms with Crippen LogP contribution in [0.2, 0.25) is 0 Å². The highest BCUT2D eigenvalue weighted by atomic mass is 16.5. The van der Waals surface area contributed by atoms with Gasteiger partial charge in [-0.15, -0.1) is 0 Å². The van der Waals surface area contributed by atoms with Gasteiger partial charge in [0.15, 0.2) is 0 Å². The van der Waals surface area contributed by atoms with Gasteiger partial charge in [-0.3, -0.25) is 5.41 Å². The van der Waals surface area contributed by atoms with E-state index in [1.165, 1.54) is 0 Å². The molecular weight excluding hydrogens is 214 g/mol. The Hall–Kier alpha value is -2.36. The van der Waals surface area contributed by atoms with Crippen LogP contribution in [-0.2, 0) is 6.61 Å². The third kappa shape index (κ3) is 2.81. The molecule has 1 aromatic heterocycles. The molecule has 86 valence electrons. The van der Waals surface area contributed by atoms with Gasteiger partial charge in [-0.2, -0.15) is 0 Å². The van der Waals surface area contributed by atoms with E-state index in [1.807, 2.05) is 30.3 Å². The number of ether oxygens (including phenoxy) is 1. The second-order valence-corrected chi connectivity index (χ2v) is 3.54. The van der Waals surface area contributed by atoms with Crippen molar-refractivity contribution in [2.45, 2.75) is 6.61 Å². The number of rotatable bonds is 4. The first-order valence-corrected chi connectivity index (χ1v) is 5.23. The molecule has 1 heterocycles. The molecule has 0 aliphatic heterocycles. The minimum Gasteiger partial charge on any atom is -0.486 e. The zero-order valence-electron chi connectivity index (χ0n) is 9.26. The van der Waals surface area contributed by atoms with E-state index < -0.39 is 0 Å². The van der Waals surface area contributed by atoms with E-state index in [4.69, 9.17) is 15.9 Å². The Labute approximate surface area is 99.6 Å². The first-order valence-electron chi connectivity index (χ1n) is 5.23. The van der Waals surface area contributed by atoms with E-state index in [-0.39, 0.29) is 5.84 Å². The monoisotopic (exact) mass is 227 g/mol. The highest BCUT2D eigenvalue weighted by Crippen LogP contribution is 2.16. The van der Waals surface area contributed by atoms with Gasteiger partial charge in [-0.1, -0.05) is 30.3 Å². The second-order valence-electron chi connectivity index (χ2n) is 3.54. The fraction of sp³-hybridized carbons (Fsp3) is 0.0769. The molecule has 3 N–H and O–H groups in total. The van der Waals surface area contributed by atoms with Crippen molar-refractivity contribution in [1.29, 1.82) is 5.41 Å². The van der Waals surface area contributed by atoms with Gasteiger partial charge in [0.1, 0.15) is 23.9 Å². The maximum Gasteiger partial charge on any atom is 0.149 e. The Balaban J connectivity index is 2.12. The maximum absolute atomic E-state index is 7.39. The summed E-state index contributed by atoms with van der Waals surface area (Å²) in [4.78, 5) is 4.02. The summed E-state index contributed by atoms with van der Waals surface area (Å²) >= 11 is 0. The molecule has 1 aromatic carbocycles. The molecule has 0 amide bonds. The summed E-state index contributed by atoms with van der Waals surface area (Å²) in [6.45, 7) is 0.437. The van der Waals surface area contributed by atoms with Crippen molar-refractivity contribution in [2.75, 3.05) is 0 Å². The number of aromatic nitrogens is 1. The Bertz CT molecular complexity index is 511. The largest absolute Gasteiger partial charge is 0.486 e.